The minimum atomic E-state index is -0.453. The number of methoxy groups -OCH3 is 1. The maximum absolute atomic E-state index is 13.1. The normalized spacial score (nSPS) is 17.5. The molecule has 3 aromatic carbocycles. The average molecular weight is 488 g/mol. The highest BCUT2D eigenvalue weighted by Gasteiger charge is 2.37. The fourth-order valence-corrected chi connectivity index (χ4v) is 5.28. The summed E-state index contributed by atoms with van der Waals surface area (Å²) in [6.45, 7) is 2.26. The van der Waals surface area contributed by atoms with Gasteiger partial charge in [0.25, 0.3) is 11.1 Å². The van der Waals surface area contributed by atoms with Gasteiger partial charge < -0.3 is 14.5 Å². The Labute approximate surface area is 207 Å². The van der Waals surface area contributed by atoms with Crippen LogP contribution in [0.1, 0.15) is 5.56 Å². The maximum Gasteiger partial charge on any atom is 0.294 e. The summed E-state index contributed by atoms with van der Waals surface area (Å²) in [5.74, 6) is -0.0573. The van der Waals surface area contributed by atoms with Crippen LogP contribution in [0.4, 0.5) is 10.5 Å². The molecule has 0 atom stereocenters. The van der Waals surface area contributed by atoms with E-state index in [2.05, 4.69) is 17.0 Å². The largest absolute Gasteiger partial charge is 0.496 e. The van der Waals surface area contributed by atoms with Gasteiger partial charge in [-0.15, -0.1) is 0 Å². The summed E-state index contributed by atoms with van der Waals surface area (Å²) < 4.78 is 5.51. The predicted octanol–water partition coefficient (Wildman–Crippen LogP) is 4.23. The van der Waals surface area contributed by atoms with Gasteiger partial charge in [0.15, 0.2) is 0 Å². The van der Waals surface area contributed by atoms with Crippen molar-refractivity contribution in [2.75, 3.05) is 44.7 Å². The number of fused-ring (bicyclic) bond motifs is 1. The number of piperazine rings is 1. The molecule has 0 N–H and O–H groups in total. The minimum absolute atomic E-state index is 0.219. The highest BCUT2D eigenvalue weighted by Crippen LogP contribution is 2.36. The number of para-hydroxylation sites is 1. The van der Waals surface area contributed by atoms with Gasteiger partial charge in [-0.05, 0) is 46.8 Å². The first-order chi connectivity index (χ1) is 17.0. The van der Waals surface area contributed by atoms with Crippen molar-refractivity contribution in [3.63, 3.8) is 0 Å². The van der Waals surface area contributed by atoms with E-state index in [9.17, 15) is 14.4 Å². The van der Waals surface area contributed by atoms with Crippen molar-refractivity contribution in [1.29, 1.82) is 0 Å². The summed E-state index contributed by atoms with van der Waals surface area (Å²) in [7, 11) is 1.57. The van der Waals surface area contributed by atoms with Crippen LogP contribution < -0.4 is 9.64 Å². The first kappa shape index (κ1) is 23.0. The number of benzene rings is 3. The smallest absolute Gasteiger partial charge is 0.294 e. The summed E-state index contributed by atoms with van der Waals surface area (Å²) in [6, 6.07) is 21.7. The molecule has 0 unspecified atom stereocenters. The lowest BCUT2D eigenvalue weighted by Crippen LogP contribution is -2.51. The molecule has 5 rings (SSSR count). The first-order valence-corrected chi connectivity index (χ1v) is 12.3. The van der Waals surface area contributed by atoms with Gasteiger partial charge in [0.2, 0.25) is 5.91 Å². The first-order valence-electron chi connectivity index (χ1n) is 11.4. The molecule has 0 bridgehead atoms. The highest BCUT2D eigenvalue weighted by atomic mass is 32.2. The Morgan fingerprint density at radius 1 is 0.943 bits per heavy atom. The standard InChI is InChI=1S/C27H25N3O4S/c1-34-23-12-11-19-7-5-6-10-21(19)22(23)17-24-26(32)30(27(33)35-24)18-25(31)29-15-13-28(14-16-29)20-8-3-2-4-9-20/h2-12,17H,13-16,18H2,1H3/b24-17-. The van der Waals surface area contributed by atoms with Crippen molar-refractivity contribution in [1.82, 2.24) is 9.80 Å². The summed E-state index contributed by atoms with van der Waals surface area (Å²) >= 11 is 0.855. The summed E-state index contributed by atoms with van der Waals surface area (Å²) in [4.78, 5) is 44.0. The van der Waals surface area contributed by atoms with E-state index >= 15 is 0 Å². The third kappa shape index (κ3) is 4.61. The molecule has 2 heterocycles. The predicted molar refractivity (Wildman–Crippen MR) is 138 cm³/mol. The van der Waals surface area contributed by atoms with E-state index in [0.717, 1.165) is 38.7 Å². The molecule has 7 nitrogen and oxygen atoms in total. The van der Waals surface area contributed by atoms with Crippen molar-refractivity contribution >= 4 is 51.4 Å². The van der Waals surface area contributed by atoms with E-state index in [1.54, 1.807) is 18.1 Å². The fourth-order valence-electron chi connectivity index (χ4n) is 4.46. The monoisotopic (exact) mass is 487 g/mol. The molecule has 0 aromatic heterocycles. The van der Waals surface area contributed by atoms with Crippen LogP contribution in [0.15, 0.2) is 71.6 Å². The molecule has 2 saturated heterocycles. The van der Waals surface area contributed by atoms with Gasteiger partial charge in [0.1, 0.15) is 12.3 Å². The molecule has 0 aliphatic carbocycles. The number of rotatable bonds is 5. The van der Waals surface area contributed by atoms with Gasteiger partial charge in [-0.25, -0.2) is 0 Å². The van der Waals surface area contributed by atoms with Crippen molar-refractivity contribution in [3.8, 4) is 5.75 Å². The van der Waals surface area contributed by atoms with Crippen molar-refractivity contribution in [3.05, 3.63) is 77.2 Å². The number of hydrogen-bond donors (Lipinski definition) is 0. The lowest BCUT2D eigenvalue weighted by atomic mass is 10.0. The molecular formula is C27H25N3O4S. The Balaban J connectivity index is 1.29. The molecule has 2 aliphatic heterocycles. The highest BCUT2D eigenvalue weighted by molar-refractivity contribution is 8.18. The van der Waals surface area contributed by atoms with E-state index in [0.29, 0.717) is 31.9 Å². The van der Waals surface area contributed by atoms with Crippen LogP contribution in [0.5, 0.6) is 5.75 Å². The second kappa shape index (κ2) is 9.84. The number of amides is 3. The van der Waals surface area contributed by atoms with Gasteiger partial charge in [0.05, 0.1) is 12.0 Å². The zero-order valence-corrected chi connectivity index (χ0v) is 20.2. The third-order valence-electron chi connectivity index (χ3n) is 6.35. The zero-order chi connectivity index (χ0) is 24.4. The van der Waals surface area contributed by atoms with Crippen molar-refractivity contribution in [2.24, 2.45) is 0 Å². The summed E-state index contributed by atoms with van der Waals surface area (Å²) in [5.41, 5.74) is 1.86. The van der Waals surface area contributed by atoms with Crippen LogP contribution in [-0.4, -0.2) is 66.7 Å². The molecule has 35 heavy (non-hydrogen) atoms. The Morgan fingerprint density at radius 3 is 2.40 bits per heavy atom. The van der Waals surface area contributed by atoms with Crippen LogP contribution in [-0.2, 0) is 9.59 Å². The van der Waals surface area contributed by atoms with E-state index in [1.807, 2.05) is 54.6 Å². The molecule has 0 spiro atoms. The van der Waals surface area contributed by atoms with Gasteiger partial charge in [-0.1, -0.05) is 48.5 Å². The number of imide groups is 1. The molecule has 0 saturated carbocycles. The molecule has 3 aromatic rings. The topological polar surface area (TPSA) is 70.2 Å². The van der Waals surface area contributed by atoms with Gasteiger partial charge in [-0.2, -0.15) is 0 Å². The minimum Gasteiger partial charge on any atom is -0.496 e. The number of ether oxygens (including phenoxy) is 1. The van der Waals surface area contributed by atoms with Crippen LogP contribution in [0.3, 0.4) is 0 Å². The second-order valence-electron chi connectivity index (χ2n) is 8.37. The number of carbonyl (C=O) groups is 3. The Hall–Kier alpha value is -3.78. The van der Waals surface area contributed by atoms with E-state index in [-0.39, 0.29) is 17.4 Å². The van der Waals surface area contributed by atoms with Crippen molar-refractivity contribution < 1.29 is 19.1 Å². The molecule has 8 heteroatoms. The number of thioether (sulfide) groups is 1. The zero-order valence-electron chi connectivity index (χ0n) is 19.3. The van der Waals surface area contributed by atoms with E-state index < -0.39 is 11.1 Å². The second-order valence-corrected chi connectivity index (χ2v) is 9.37. The molecule has 3 amide bonds. The lowest BCUT2D eigenvalue weighted by Gasteiger charge is -2.36. The van der Waals surface area contributed by atoms with Gasteiger partial charge in [-0.3, -0.25) is 19.3 Å². The number of carbonyl (C=O) groups excluding carboxylic acids is 3. The Morgan fingerprint density at radius 2 is 1.66 bits per heavy atom. The number of nitrogens with zero attached hydrogens (tertiary/aromatic N) is 3. The van der Waals surface area contributed by atoms with Gasteiger partial charge in [0, 0.05) is 37.4 Å². The van der Waals surface area contributed by atoms with Crippen LogP contribution in [0.2, 0.25) is 0 Å². The lowest BCUT2D eigenvalue weighted by molar-refractivity contribution is -0.136. The maximum atomic E-state index is 13.1. The van der Waals surface area contributed by atoms with Gasteiger partial charge >= 0.3 is 0 Å². The fraction of sp³-hybridized carbons (Fsp3) is 0.222. The van der Waals surface area contributed by atoms with Crippen LogP contribution in [0, 0.1) is 0 Å². The van der Waals surface area contributed by atoms with Crippen LogP contribution in [0.25, 0.3) is 16.8 Å². The number of hydrogen-bond acceptors (Lipinski definition) is 6. The SMILES string of the molecule is COc1ccc2ccccc2c1/C=C1\SC(=O)N(CC(=O)N2CCN(c3ccccc3)CC2)C1=O. The van der Waals surface area contributed by atoms with E-state index in [4.69, 9.17) is 4.74 Å². The molecule has 178 valence electrons. The molecular weight excluding hydrogens is 462 g/mol. The Kier molecular flexibility index (Phi) is 6.46. The number of anilines is 1. The van der Waals surface area contributed by atoms with E-state index in [1.165, 1.54) is 0 Å². The summed E-state index contributed by atoms with van der Waals surface area (Å²) in [5, 5.41) is 1.49. The Bertz CT molecular complexity index is 1320. The summed E-state index contributed by atoms with van der Waals surface area (Å²) in [6.07, 6.45) is 1.69. The molecule has 0 radical (unpaired) electrons. The quantitative estimate of drug-likeness (QED) is 0.502. The molecule has 2 fully saturated rings. The van der Waals surface area contributed by atoms with Crippen LogP contribution >= 0.6 is 11.8 Å². The third-order valence-corrected chi connectivity index (χ3v) is 7.25. The van der Waals surface area contributed by atoms with Crippen molar-refractivity contribution in [2.45, 2.75) is 0 Å². The molecule has 2 aliphatic rings. The average Bonchev–Trinajstić information content (AvgIpc) is 3.16.